The molecule has 0 aliphatic rings. The molecule has 35 heavy (non-hydrogen) atoms. The molecule has 4 aromatic rings. The maximum atomic E-state index is 10.9. The Morgan fingerprint density at radius 2 is 0.914 bits per heavy atom. The van der Waals surface area contributed by atoms with Crippen LogP contribution in [-0.2, 0) is 5.41 Å². The number of phenolic OH excluding ortho intramolecular Hbond substituents is 2. The van der Waals surface area contributed by atoms with Gasteiger partial charge in [-0.15, -0.1) is 0 Å². The van der Waals surface area contributed by atoms with Gasteiger partial charge in [0.15, 0.2) is 11.5 Å². The normalized spacial score (nSPS) is 10.6. The van der Waals surface area contributed by atoms with Crippen molar-refractivity contribution in [2.75, 3.05) is 11.5 Å². The van der Waals surface area contributed by atoms with Crippen molar-refractivity contribution in [3.63, 3.8) is 0 Å². The molecule has 0 atom stereocenters. The van der Waals surface area contributed by atoms with Gasteiger partial charge >= 0.3 is 0 Å². The number of nitrogen functional groups attached to an aromatic ring is 2. The zero-order valence-corrected chi connectivity index (χ0v) is 19.6. The van der Waals surface area contributed by atoms with Gasteiger partial charge in [-0.2, -0.15) is 0 Å². The predicted octanol–water partition coefficient (Wildman–Crippen LogP) is 5.39. The molecule has 4 nitrogen and oxygen atoms in total. The zero-order chi connectivity index (χ0) is 25.0. The first-order chi connectivity index (χ1) is 16.8. The molecule has 0 fully saturated rings. The van der Waals surface area contributed by atoms with E-state index in [1.54, 1.807) is 12.1 Å². The third-order valence-corrected chi connectivity index (χ3v) is 5.98. The van der Waals surface area contributed by atoms with E-state index < -0.39 is 5.41 Å². The van der Waals surface area contributed by atoms with Gasteiger partial charge in [-0.05, 0) is 47.5 Å². The Kier molecular flexibility index (Phi) is 6.40. The maximum absolute atomic E-state index is 10.9. The molecule has 6 N–H and O–H groups in total. The predicted molar refractivity (Wildman–Crippen MR) is 142 cm³/mol. The van der Waals surface area contributed by atoms with Crippen molar-refractivity contribution in [1.29, 1.82) is 0 Å². The van der Waals surface area contributed by atoms with Gasteiger partial charge in [0.1, 0.15) is 0 Å². The summed E-state index contributed by atoms with van der Waals surface area (Å²) in [5.41, 5.74) is 15.8. The second-order valence-corrected chi connectivity index (χ2v) is 8.71. The van der Waals surface area contributed by atoms with Gasteiger partial charge in [-0.25, -0.2) is 0 Å². The van der Waals surface area contributed by atoms with Crippen LogP contribution < -0.4 is 11.5 Å². The van der Waals surface area contributed by atoms with Crippen LogP contribution in [0.2, 0.25) is 0 Å². The fourth-order valence-corrected chi connectivity index (χ4v) is 3.97. The van der Waals surface area contributed by atoms with E-state index >= 15 is 0 Å². The van der Waals surface area contributed by atoms with Crippen LogP contribution in [0.3, 0.4) is 0 Å². The summed E-state index contributed by atoms with van der Waals surface area (Å²) in [5.74, 6) is 12.3. The van der Waals surface area contributed by atoms with E-state index in [0.29, 0.717) is 11.1 Å². The summed E-state index contributed by atoms with van der Waals surface area (Å²) in [7, 11) is 0. The summed E-state index contributed by atoms with van der Waals surface area (Å²) in [4.78, 5) is 0. The molecule has 4 heteroatoms. The lowest BCUT2D eigenvalue weighted by Crippen LogP contribution is -2.22. The van der Waals surface area contributed by atoms with Crippen LogP contribution in [0.4, 0.5) is 11.4 Å². The highest BCUT2D eigenvalue weighted by Gasteiger charge is 2.31. The van der Waals surface area contributed by atoms with Gasteiger partial charge < -0.3 is 21.7 Å². The van der Waals surface area contributed by atoms with E-state index in [2.05, 4.69) is 23.7 Å². The van der Waals surface area contributed by atoms with Crippen molar-refractivity contribution >= 4 is 11.4 Å². The summed E-state index contributed by atoms with van der Waals surface area (Å²) in [6, 6.07) is 26.1. The number of hydrogen-bond acceptors (Lipinski definition) is 4. The molecule has 0 aromatic heterocycles. The van der Waals surface area contributed by atoms with Gasteiger partial charge in [0.05, 0.1) is 22.5 Å². The number of aromatic hydroxyl groups is 2. The summed E-state index contributed by atoms with van der Waals surface area (Å²) < 4.78 is 0. The zero-order valence-electron chi connectivity index (χ0n) is 19.6. The lowest BCUT2D eigenvalue weighted by molar-refractivity contribution is 0.470. The van der Waals surface area contributed by atoms with E-state index in [1.807, 2.05) is 86.6 Å². The Morgan fingerprint density at radius 1 is 0.543 bits per heavy atom. The molecule has 0 unspecified atom stereocenters. The minimum atomic E-state index is -0.711. The van der Waals surface area contributed by atoms with E-state index in [0.717, 1.165) is 22.3 Å². The Labute approximate surface area is 205 Å². The summed E-state index contributed by atoms with van der Waals surface area (Å²) in [6.45, 7) is 3.98. The topological polar surface area (TPSA) is 92.5 Å². The number of rotatable bonds is 2. The summed E-state index contributed by atoms with van der Waals surface area (Å²) >= 11 is 0. The van der Waals surface area contributed by atoms with Gasteiger partial charge in [0, 0.05) is 16.5 Å². The number of nitrogens with two attached hydrogens (primary N) is 2. The van der Waals surface area contributed by atoms with Crippen LogP contribution in [0, 0.1) is 23.7 Å². The van der Waals surface area contributed by atoms with Crippen LogP contribution in [-0.4, -0.2) is 10.2 Å². The third kappa shape index (κ3) is 4.78. The molecule has 172 valence electrons. The second-order valence-electron chi connectivity index (χ2n) is 8.71. The van der Waals surface area contributed by atoms with Crippen molar-refractivity contribution in [3.05, 3.63) is 118 Å². The standard InChI is InChI=1S/C31H26N2O2/c1-31(2,25-17-19-27(32)29(34)23(25)15-13-21-9-5-3-6-10-21)26-18-20-28(33)30(35)24(26)16-14-22-11-7-4-8-12-22/h3-12,17-20,34-35H,32-33H2,1-2H3. The average molecular weight is 459 g/mol. The molecule has 0 radical (unpaired) electrons. The first-order valence-corrected chi connectivity index (χ1v) is 11.2. The highest BCUT2D eigenvalue weighted by molar-refractivity contribution is 5.71. The Bertz CT molecular complexity index is 1390. The largest absolute Gasteiger partial charge is 0.505 e. The molecule has 0 aliphatic carbocycles. The first-order valence-electron chi connectivity index (χ1n) is 11.2. The van der Waals surface area contributed by atoms with E-state index in [4.69, 9.17) is 11.5 Å². The Balaban J connectivity index is 1.90. The minimum Gasteiger partial charge on any atom is -0.505 e. The maximum Gasteiger partial charge on any atom is 0.154 e. The van der Waals surface area contributed by atoms with Gasteiger partial charge in [0.25, 0.3) is 0 Å². The molecular weight excluding hydrogens is 432 g/mol. The molecule has 0 bridgehead atoms. The van der Waals surface area contributed by atoms with Crippen LogP contribution in [0.15, 0.2) is 84.9 Å². The van der Waals surface area contributed by atoms with Gasteiger partial charge in [-0.3, -0.25) is 0 Å². The lowest BCUT2D eigenvalue weighted by atomic mass is 9.73. The van der Waals surface area contributed by atoms with Crippen LogP contribution >= 0.6 is 0 Å². The first kappa shape index (κ1) is 23.4. The number of benzene rings is 4. The van der Waals surface area contributed by atoms with E-state index in [9.17, 15) is 10.2 Å². The second kappa shape index (κ2) is 9.59. The monoisotopic (exact) mass is 458 g/mol. The number of anilines is 2. The smallest absolute Gasteiger partial charge is 0.154 e. The molecule has 0 spiro atoms. The number of hydrogen-bond donors (Lipinski definition) is 4. The third-order valence-electron chi connectivity index (χ3n) is 5.98. The van der Waals surface area contributed by atoms with Crippen molar-refractivity contribution in [3.8, 4) is 35.2 Å². The molecule has 4 rings (SSSR count). The van der Waals surface area contributed by atoms with Gasteiger partial charge in [0.2, 0.25) is 0 Å². The van der Waals surface area contributed by atoms with Crippen molar-refractivity contribution in [2.24, 2.45) is 0 Å². The highest BCUT2D eigenvalue weighted by Crippen LogP contribution is 2.42. The fourth-order valence-electron chi connectivity index (χ4n) is 3.97. The molecule has 4 aromatic carbocycles. The Morgan fingerprint density at radius 3 is 1.29 bits per heavy atom. The molecular formula is C31H26N2O2. The SMILES string of the molecule is CC(C)(c1ccc(N)c(O)c1C#Cc1ccccc1)c1ccc(N)c(O)c1C#Cc1ccccc1. The van der Waals surface area contributed by atoms with E-state index in [-0.39, 0.29) is 22.9 Å². The van der Waals surface area contributed by atoms with Gasteiger partial charge in [-0.1, -0.05) is 86.1 Å². The van der Waals surface area contributed by atoms with Crippen LogP contribution in [0.25, 0.3) is 0 Å². The fraction of sp³-hybridized carbons (Fsp3) is 0.0968. The molecule has 0 saturated carbocycles. The van der Waals surface area contributed by atoms with Crippen LogP contribution in [0.5, 0.6) is 11.5 Å². The average Bonchev–Trinajstić information content (AvgIpc) is 2.86. The Hall–Kier alpha value is -4.80. The number of phenols is 2. The molecule has 0 heterocycles. The van der Waals surface area contributed by atoms with Crippen molar-refractivity contribution in [2.45, 2.75) is 19.3 Å². The van der Waals surface area contributed by atoms with Crippen molar-refractivity contribution < 1.29 is 10.2 Å². The molecule has 0 amide bonds. The van der Waals surface area contributed by atoms with Crippen molar-refractivity contribution in [1.82, 2.24) is 0 Å². The lowest BCUT2D eigenvalue weighted by Gasteiger charge is -2.29. The minimum absolute atomic E-state index is 0.0735. The highest BCUT2D eigenvalue weighted by atomic mass is 16.3. The summed E-state index contributed by atoms with van der Waals surface area (Å²) in [6.07, 6.45) is 0. The summed E-state index contributed by atoms with van der Waals surface area (Å²) in [5, 5.41) is 21.7. The van der Waals surface area contributed by atoms with Crippen LogP contribution in [0.1, 0.15) is 47.2 Å². The molecule has 0 saturated heterocycles. The quantitative estimate of drug-likeness (QED) is 0.184. The van der Waals surface area contributed by atoms with E-state index in [1.165, 1.54) is 0 Å². The molecule has 0 aliphatic heterocycles.